The van der Waals surface area contributed by atoms with E-state index in [1.807, 2.05) is 32.0 Å². The van der Waals surface area contributed by atoms with Crippen molar-refractivity contribution in [1.82, 2.24) is 5.32 Å². The molecule has 2 amide bonds. The first kappa shape index (κ1) is 17.1. The van der Waals surface area contributed by atoms with Gasteiger partial charge in [-0.15, -0.1) is 0 Å². The Morgan fingerprint density at radius 3 is 2.52 bits per heavy atom. The summed E-state index contributed by atoms with van der Waals surface area (Å²) < 4.78 is 5.42. The number of carboxylic acids is 1. The summed E-state index contributed by atoms with van der Waals surface area (Å²) in [5, 5.41) is 14.7. The number of amides is 2. The van der Waals surface area contributed by atoms with E-state index in [1.54, 1.807) is 0 Å². The van der Waals surface area contributed by atoms with Gasteiger partial charge in [0, 0.05) is 11.7 Å². The van der Waals surface area contributed by atoms with E-state index in [1.165, 1.54) is 0 Å². The molecule has 0 aliphatic heterocycles. The molecule has 0 bridgehead atoms. The maximum atomic E-state index is 12.1. The minimum atomic E-state index is -0.738. The van der Waals surface area contributed by atoms with Crippen molar-refractivity contribution in [2.45, 2.75) is 45.6 Å². The van der Waals surface area contributed by atoms with Crippen LogP contribution in [0.25, 0.3) is 0 Å². The zero-order valence-electron chi connectivity index (χ0n) is 13.6. The number of carboxylic acid groups (broad SMARTS) is 1. The zero-order chi connectivity index (χ0) is 16.8. The number of rotatable bonds is 5. The minimum Gasteiger partial charge on any atom is -0.494 e. The summed E-state index contributed by atoms with van der Waals surface area (Å²) >= 11 is 0. The van der Waals surface area contributed by atoms with Crippen LogP contribution in [0.4, 0.5) is 10.5 Å². The molecule has 0 aromatic heterocycles. The Hall–Kier alpha value is -2.24. The van der Waals surface area contributed by atoms with Crippen LogP contribution in [-0.4, -0.2) is 29.8 Å². The Morgan fingerprint density at radius 1 is 1.26 bits per heavy atom. The lowest BCUT2D eigenvalue weighted by Gasteiger charge is -2.27. The van der Waals surface area contributed by atoms with Crippen LogP contribution in [0.15, 0.2) is 18.2 Å². The number of hydrogen-bond acceptors (Lipinski definition) is 3. The van der Waals surface area contributed by atoms with Crippen molar-refractivity contribution in [2.24, 2.45) is 5.92 Å². The maximum Gasteiger partial charge on any atom is 0.319 e. The molecule has 1 fully saturated rings. The summed E-state index contributed by atoms with van der Waals surface area (Å²) in [5.41, 5.74) is 1.67. The van der Waals surface area contributed by atoms with Gasteiger partial charge in [0.15, 0.2) is 0 Å². The van der Waals surface area contributed by atoms with Gasteiger partial charge in [0.25, 0.3) is 0 Å². The minimum absolute atomic E-state index is 0.0357. The second-order valence-corrected chi connectivity index (χ2v) is 5.89. The van der Waals surface area contributed by atoms with Gasteiger partial charge in [0.2, 0.25) is 0 Å². The molecular formula is C17H24N2O4. The van der Waals surface area contributed by atoms with Crippen molar-refractivity contribution in [3.05, 3.63) is 23.8 Å². The Kier molecular flexibility index (Phi) is 5.84. The van der Waals surface area contributed by atoms with Crippen LogP contribution >= 0.6 is 0 Å². The van der Waals surface area contributed by atoms with Crippen LogP contribution in [-0.2, 0) is 4.79 Å². The van der Waals surface area contributed by atoms with Crippen LogP contribution in [0.5, 0.6) is 5.75 Å². The predicted molar refractivity (Wildman–Crippen MR) is 87.9 cm³/mol. The Balaban J connectivity index is 1.84. The highest BCUT2D eigenvalue weighted by Gasteiger charge is 2.26. The first-order chi connectivity index (χ1) is 11.0. The van der Waals surface area contributed by atoms with Gasteiger partial charge in [0.05, 0.1) is 12.5 Å². The molecule has 6 nitrogen and oxygen atoms in total. The lowest BCUT2D eigenvalue weighted by Crippen LogP contribution is -2.41. The fraction of sp³-hybridized carbons (Fsp3) is 0.529. The zero-order valence-corrected chi connectivity index (χ0v) is 13.6. The SMILES string of the molecule is CCOc1ccc(NC(=O)NC2CCC(C(=O)O)CC2)c(C)c1. The van der Waals surface area contributed by atoms with Gasteiger partial charge in [0.1, 0.15) is 5.75 Å². The van der Waals surface area contributed by atoms with Crippen LogP contribution in [0, 0.1) is 12.8 Å². The van der Waals surface area contributed by atoms with Crippen molar-refractivity contribution in [1.29, 1.82) is 0 Å². The van der Waals surface area contributed by atoms with E-state index in [2.05, 4.69) is 10.6 Å². The number of carbonyl (C=O) groups excluding carboxylic acids is 1. The highest BCUT2D eigenvalue weighted by Crippen LogP contribution is 2.25. The molecule has 0 unspecified atom stereocenters. The first-order valence-electron chi connectivity index (χ1n) is 8.03. The number of nitrogens with one attached hydrogen (secondary N) is 2. The first-order valence-corrected chi connectivity index (χ1v) is 8.03. The number of urea groups is 1. The molecule has 1 saturated carbocycles. The van der Waals surface area contributed by atoms with Gasteiger partial charge in [-0.3, -0.25) is 4.79 Å². The van der Waals surface area contributed by atoms with E-state index < -0.39 is 5.97 Å². The van der Waals surface area contributed by atoms with Crippen LogP contribution < -0.4 is 15.4 Å². The second kappa shape index (κ2) is 7.85. The van der Waals surface area contributed by atoms with Gasteiger partial charge in [-0.2, -0.15) is 0 Å². The van der Waals surface area contributed by atoms with E-state index in [0.29, 0.717) is 32.3 Å². The lowest BCUT2D eigenvalue weighted by molar-refractivity contribution is -0.142. The van der Waals surface area contributed by atoms with Crippen molar-refractivity contribution in [3.63, 3.8) is 0 Å². The van der Waals surface area contributed by atoms with Crippen molar-refractivity contribution >= 4 is 17.7 Å². The summed E-state index contributed by atoms with van der Waals surface area (Å²) in [4.78, 5) is 23.0. The quantitative estimate of drug-likeness (QED) is 0.777. The summed E-state index contributed by atoms with van der Waals surface area (Å²) in [5.74, 6) is -0.231. The Bertz CT molecular complexity index is 566. The van der Waals surface area contributed by atoms with Crippen molar-refractivity contribution in [2.75, 3.05) is 11.9 Å². The van der Waals surface area contributed by atoms with Crippen molar-refractivity contribution < 1.29 is 19.4 Å². The lowest BCUT2D eigenvalue weighted by atomic mass is 9.86. The van der Waals surface area contributed by atoms with Crippen LogP contribution in [0.3, 0.4) is 0 Å². The van der Waals surface area contributed by atoms with E-state index in [-0.39, 0.29) is 18.0 Å². The fourth-order valence-corrected chi connectivity index (χ4v) is 2.86. The van der Waals surface area contributed by atoms with Gasteiger partial charge >= 0.3 is 12.0 Å². The number of aryl methyl sites for hydroxylation is 1. The average Bonchev–Trinajstić information content (AvgIpc) is 2.51. The third-order valence-electron chi connectivity index (χ3n) is 4.17. The smallest absolute Gasteiger partial charge is 0.319 e. The molecule has 1 aromatic carbocycles. The standard InChI is InChI=1S/C17H24N2O4/c1-3-23-14-8-9-15(11(2)10-14)19-17(22)18-13-6-4-12(5-7-13)16(20)21/h8-10,12-13H,3-7H2,1-2H3,(H,20,21)(H2,18,19,22). The monoisotopic (exact) mass is 320 g/mol. The van der Waals surface area contributed by atoms with Gasteiger partial charge in [-0.05, 0) is 63.3 Å². The molecule has 1 aromatic rings. The number of hydrogen-bond donors (Lipinski definition) is 3. The number of aliphatic carboxylic acids is 1. The predicted octanol–water partition coefficient (Wildman–Crippen LogP) is 3.16. The molecule has 0 spiro atoms. The van der Waals surface area contributed by atoms with Gasteiger partial charge < -0.3 is 20.5 Å². The number of benzene rings is 1. The molecule has 1 aliphatic carbocycles. The summed E-state index contributed by atoms with van der Waals surface area (Å²) in [6, 6.07) is 5.31. The summed E-state index contributed by atoms with van der Waals surface area (Å²) in [7, 11) is 0. The largest absolute Gasteiger partial charge is 0.494 e. The van der Waals surface area contributed by atoms with Gasteiger partial charge in [-0.25, -0.2) is 4.79 Å². The van der Waals surface area contributed by atoms with E-state index in [4.69, 9.17) is 9.84 Å². The Morgan fingerprint density at radius 2 is 1.96 bits per heavy atom. The number of carbonyl (C=O) groups is 2. The maximum absolute atomic E-state index is 12.1. The molecule has 0 radical (unpaired) electrons. The highest BCUT2D eigenvalue weighted by atomic mass is 16.5. The third kappa shape index (κ3) is 4.87. The summed E-state index contributed by atoms with van der Waals surface area (Å²) in [6.45, 7) is 4.44. The van der Waals surface area contributed by atoms with Crippen LogP contribution in [0.1, 0.15) is 38.2 Å². The molecule has 1 aliphatic rings. The Labute approximate surface area is 136 Å². The van der Waals surface area contributed by atoms with Gasteiger partial charge in [-0.1, -0.05) is 0 Å². The van der Waals surface area contributed by atoms with E-state index in [9.17, 15) is 9.59 Å². The molecular weight excluding hydrogens is 296 g/mol. The topological polar surface area (TPSA) is 87.7 Å². The number of ether oxygens (including phenoxy) is 1. The molecule has 0 atom stereocenters. The molecule has 3 N–H and O–H groups in total. The van der Waals surface area contributed by atoms with Crippen LogP contribution in [0.2, 0.25) is 0 Å². The fourth-order valence-electron chi connectivity index (χ4n) is 2.86. The highest BCUT2D eigenvalue weighted by molar-refractivity contribution is 5.90. The van der Waals surface area contributed by atoms with E-state index >= 15 is 0 Å². The molecule has 0 heterocycles. The third-order valence-corrected chi connectivity index (χ3v) is 4.17. The summed E-state index contributed by atoms with van der Waals surface area (Å²) in [6.07, 6.45) is 2.63. The molecule has 2 rings (SSSR count). The molecule has 23 heavy (non-hydrogen) atoms. The average molecular weight is 320 g/mol. The normalized spacial score (nSPS) is 20.6. The van der Waals surface area contributed by atoms with E-state index in [0.717, 1.165) is 17.0 Å². The van der Waals surface area contributed by atoms with Crippen molar-refractivity contribution in [3.8, 4) is 5.75 Å². The second-order valence-electron chi connectivity index (χ2n) is 5.89. The molecule has 0 saturated heterocycles. The number of anilines is 1. The molecule has 6 heteroatoms. The molecule has 126 valence electrons.